The van der Waals surface area contributed by atoms with Crippen molar-refractivity contribution in [1.29, 1.82) is 0 Å². The van der Waals surface area contributed by atoms with Crippen molar-refractivity contribution in [2.45, 2.75) is 31.2 Å². The lowest BCUT2D eigenvalue weighted by molar-refractivity contribution is -0.139. The minimum Gasteiger partial charge on any atom is -0.468 e. The molecule has 0 amide bonds. The zero-order valence-corrected chi connectivity index (χ0v) is 12.6. The van der Waals surface area contributed by atoms with E-state index in [1.807, 2.05) is 32.0 Å². The number of nitrogens with zero attached hydrogens (tertiary/aromatic N) is 4. The maximum absolute atomic E-state index is 11.5. The first-order valence-corrected chi connectivity index (χ1v) is 7.02. The molecule has 106 valence electrons. The fraction of sp³-hybridized carbons (Fsp3) is 0.385. The average molecular weight is 292 g/mol. The molecule has 0 aliphatic carbocycles. The number of aromatic nitrogens is 4. The van der Waals surface area contributed by atoms with Crippen molar-refractivity contribution in [1.82, 2.24) is 20.2 Å². The summed E-state index contributed by atoms with van der Waals surface area (Å²) in [5.74, 6) is -0.300. The van der Waals surface area contributed by atoms with Gasteiger partial charge in [-0.25, -0.2) is 0 Å². The van der Waals surface area contributed by atoms with Gasteiger partial charge >= 0.3 is 5.97 Å². The molecule has 2 rings (SSSR count). The molecular formula is C13H16N4O2S. The first-order chi connectivity index (χ1) is 9.54. The highest BCUT2D eigenvalue weighted by atomic mass is 32.2. The number of methoxy groups -OCH3 is 1. The monoisotopic (exact) mass is 292 g/mol. The van der Waals surface area contributed by atoms with Gasteiger partial charge in [-0.1, -0.05) is 30.0 Å². The van der Waals surface area contributed by atoms with Crippen molar-refractivity contribution in [2.75, 3.05) is 7.11 Å². The van der Waals surface area contributed by atoms with E-state index >= 15 is 0 Å². The summed E-state index contributed by atoms with van der Waals surface area (Å²) in [7, 11) is 1.37. The van der Waals surface area contributed by atoms with Crippen LogP contribution >= 0.6 is 11.8 Å². The number of carbonyl (C=O) groups excluding carboxylic acids is 1. The average Bonchev–Trinajstić information content (AvgIpc) is 2.85. The predicted molar refractivity (Wildman–Crippen MR) is 76.0 cm³/mol. The molecule has 1 atom stereocenters. The van der Waals surface area contributed by atoms with Crippen LogP contribution in [0.25, 0.3) is 5.69 Å². The third-order valence-electron chi connectivity index (χ3n) is 2.91. The number of hydrogen-bond acceptors (Lipinski definition) is 6. The number of aryl methyl sites for hydroxylation is 2. The fourth-order valence-corrected chi connectivity index (χ4v) is 2.72. The number of carbonyl (C=O) groups is 1. The molecule has 0 fully saturated rings. The van der Waals surface area contributed by atoms with Gasteiger partial charge in [-0.2, -0.15) is 4.68 Å². The summed E-state index contributed by atoms with van der Waals surface area (Å²) in [4.78, 5) is 11.5. The van der Waals surface area contributed by atoms with Gasteiger partial charge in [-0.3, -0.25) is 4.79 Å². The molecule has 1 aromatic carbocycles. The summed E-state index contributed by atoms with van der Waals surface area (Å²) >= 11 is 1.27. The summed E-state index contributed by atoms with van der Waals surface area (Å²) in [6.45, 7) is 5.77. The number of benzene rings is 1. The Balaban J connectivity index is 2.36. The van der Waals surface area contributed by atoms with E-state index in [0.29, 0.717) is 5.16 Å². The van der Waals surface area contributed by atoms with E-state index in [-0.39, 0.29) is 11.2 Å². The summed E-state index contributed by atoms with van der Waals surface area (Å²) in [6.07, 6.45) is 0. The number of tetrazole rings is 1. The van der Waals surface area contributed by atoms with Crippen LogP contribution in [-0.4, -0.2) is 38.5 Å². The molecule has 0 saturated heterocycles. The lowest BCUT2D eigenvalue weighted by Gasteiger charge is -2.12. The van der Waals surface area contributed by atoms with Crippen molar-refractivity contribution in [3.8, 4) is 5.69 Å². The van der Waals surface area contributed by atoms with E-state index in [4.69, 9.17) is 4.74 Å². The van der Waals surface area contributed by atoms with Crippen LogP contribution < -0.4 is 0 Å². The number of esters is 1. The van der Waals surface area contributed by atoms with Crippen LogP contribution in [0.4, 0.5) is 0 Å². The second-order valence-electron chi connectivity index (χ2n) is 4.40. The van der Waals surface area contributed by atoms with Gasteiger partial charge in [0.1, 0.15) is 5.25 Å². The lowest BCUT2D eigenvalue weighted by atomic mass is 10.1. The second-order valence-corrected chi connectivity index (χ2v) is 5.70. The lowest BCUT2D eigenvalue weighted by Crippen LogP contribution is -2.16. The standard InChI is InChI=1S/C13H16N4O2S/c1-8-6-5-7-9(2)11(8)17-13(14-15-16-17)20-10(3)12(18)19-4/h5-7,10H,1-4H3. The van der Waals surface area contributed by atoms with Crippen molar-refractivity contribution in [2.24, 2.45) is 0 Å². The first kappa shape index (κ1) is 14.5. The molecule has 1 heterocycles. The van der Waals surface area contributed by atoms with Gasteiger partial charge in [0.25, 0.3) is 0 Å². The second kappa shape index (κ2) is 6.04. The zero-order valence-electron chi connectivity index (χ0n) is 11.8. The molecule has 1 unspecified atom stereocenters. The Hall–Kier alpha value is -1.89. The summed E-state index contributed by atoms with van der Waals surface area (Å²) in [5.41, 5.74) is 3.09. The van der Waals surface area contributed by atoms with Crippen molar-refractivity contribution < 1.29 is 9.53 Å². The molecular weight excluding hydrogens is 276 g/mol. The Morgan fingerprint density at radius 3 is 2.60 bits per heavy atom. The summed E-state index contributed by atoms with van der Waals surface area (Å²) < 4.78 is 6.38. The molecule has 20 heavy (non-hydrogen) atoms. The van der Waals surface area contributed by atoms with Gasteiger partial charge < -0.3 is 4.74 Å². The van der Waals surface area contributed by atoms with Gasteiger partial charge in [-0.15, -0.1) is 5.10 Å². The van der Waals surface area contributed by atoms with Crippen LogP contribution in [-0.2, 0) is 9.53 Å². The Kier molecular flexibility index (Phi) is 4.39. The molecule has 2 aromatic rings. The number of thioether (sulfide) groups is 1. The molecule has 0 spiro atoms. The molecule has 0 bridgehead atoms. The highest BCUT2D eigenvalue weighted by Crippen LogP contribution is 2.26. The minimum absolute atomic E-state index is 0.300. The van der Waals surface area contributed by atoms with Crippen LogP contribution in [0.15, 0.2) is 23.4 Å². The van der Waals surface area contributed by atoms with E-state index in [9.17, 15) is 4.79 Å². The van der Waals surface area contributed by atoms with Gasteiger partial charge in [0.2, 0.25) is 5.16 Å². The van der Waals surface area contributed by atoms with Gasteiger partial charge in [0.15, 0.2) is 0 Å². The van der Waals surface area contributed by atoms with E-state index in [1.54, 1.807) is 11.6 Å². The van der Waals surface area contributed by atoms with Crippen LogP contribution in [0.3, 0.4) is 0 Å². The first-order valence-electron chi connectivity index (χ1n) is 6.14. The maximum Gasteiger partial charge on any atom is 0.318 e. The maximum atomic E-state index is 11.5. The van der Waals surface area contributed by atoms with Crippen LogP contribution in [0.1, 0.15) is 18.1 Å². The largest absolute Gasteiger partial charge is 0.468 e. The molecule has 6 nitrogen and oxygen atoms in total. The zero-order chi connectivity index (χ0) is 14.7. The summed E-state index contributed by atoms with van der Waals surface area (Å²) in [5, 5.41) is 11.9. The quantitative estimate of drug-likeness (QED) is 0.633. The number of para-hydroxylation sites is 1. The molecule has 0 N–H and O–H groups in total. The smallest absolute Gasteiger partial charge is 0.318 e. The molecule has 0 saturated carbocycles. The fourth-order valence-electron chi connectivity index (χ4n) is 1.90. The third kappa shape index (κ3) is 2.82. The van der Waals surface area contributed by atoms with Gasteiger partial charge in [0.05, 0.1) is 12.8 Å². The van der Waals surface area contributed by atoms with Crippen LogP contribution in [0, 0.1) is 13.8 Å². The molecule has 0 radical (unpaired) electrons. The van der Waals surface area contributed by atoms with Gasteiger partial charge in [0, 0.05) is 0 Å². The Bertz CT molecular complexity index is 606. The number of hydrogen-bond donors (Lipinski definition) is 0. The van der Waals surface area contributed by atoms with Crippen molar-refractivity contribution in [3.63, 3.8) is 0 Å². The number of rotatable bonds is 4. The predicted octanol–water partition coefficient (Wildman–Crippen LogP) is 1.93. The van der Waals surface area contributed by atoms with Crippen molar-refractivity contribution in [3.05, 3.63) is 29.3 Å². The summed E-state index contributed by atoms with van der Waals surface area (Å²) in [6, 6.07) is 5.99. The Labute approximate surface area is 121 Å². The van der Waals surface area contributed by atoms with Gasteiger partial charge in [-0.05, 0) is 42.3 Å². The molecule has 1 aromatic heterocycles. The normalized spacial score (nSPS) is 12.2. The highest BCUT2D eigenvalue weighted by molar-refractivity contribution is 8.00. The Morgan fingerprint density at radius 2 is 2.00 bits per heavy atom. The van der Waals surface area contributed by atoms with E-state index in [2.05, 4.69) is 15.5 Å². The molecule has 0 aliphatic rings. The van der Waals surface area contributed by atoms with Crippen LogP contribution in [0.2, 0.25) is 0 Å². The Morgan fingerprint density at radius 1 is 1.35 bits per heavy atom. The number of ether oxygens (including phenoxy) is 1. The van der Waals surface area contributed by atoms with E-state index in [0.717, 1.165) is 16.8 Å². The van der Waals surface area contributed by atoms with E-state index < -0.39 is 0 Å². The third-order valence-corrected chi connectivity index (χ3v) is 3.92. The highest BCUT2D eigenvalue weighted by Gasteiger charge is 2.20. The van der Waals surface area contributed by atoms with Crippen LogP contribution in [0.5, 0.6) is 0 Å². The minimum atomic E-state index is -0.367. The SMILES string of the molecule is COC(=O)C(C)Sc1nnnn1-c1c(C)cccc1C. The topological polar surface area (TPSA) is 69.9 Å². The molecule has 7 heteroatoms. The van der Waals surface area contributed by atoms with Crippen molar-refractivity contribution >= 4 is 17.7 Å². The molecule has 0 aliphatic heterocycles. The van der Waals surface area contributed by atoms with E-state index in [1.165, 1.54) is 18.9 Å².